The summed E-state index contributed by atoms with van der Waals surface area (Å²) in [6, 6.07) is 2.82. The van der Waals surface area contributed by atoms with Gasteiger partial charge in [0.1, 0.15) is 24.0 Å². The van der Waals surface area contributed by atoms with Crippen LogP contribution in [0.25, 0.3) is 0 Å². The Morgan fingerprint density at radius 1 is 1.13 bits per heavy atom. The Labute approximate surface area is 231 Å². The molecule has 218 valence electrons. The molecule has 0 aliphatic carbocycles. The molecule has 0 amide bonds. The number of H-pyrrole nitrogens is 1. The number of aromatic nitrogens is 2. The number of nitrogens with one attached hydrogen (secondary N) is 1. The Morgan fingerprint density at radius 2 is 1.69 bits per heavy atom. The average Bonchev–Trinajstić information content (AvgIpc) is 3.16. The summed E-state index contributed by atoms with van der Waals surface area (Å²) < 4.78 is 51.8. The standard InChI is InChI=1S/C24H40N4O8SSi2/c1-22(2,3)38(7,8)33-13-17-24(16(26)14-37(31,32)36-24)19(35-39(9,10)23(4,5)6)20(34-17)28-15(12-25)11-18(29)27-21(28)30/h11,14,17,19-20H,13,26H2,1-10H3,(H,27,29,30)/t17-,19+,20-,24-/m1/s1. The van der Waals surface area contributed by atoms with Crippen molar-refractivity contribution in [2.45, 2.75) is 102 Å². The lowest BCUT2D eigenvalue weighted by atomic mass is 9.89. The first kappa shape index (κ1) is 31.5. The van der Waals surface area contributed by atoms with Crippen LogP contribution in [0.15, 0.2) is 26.8 Å². The van der Waals surface area contributed by atoms with Crippen molar-refractivity contribution in [3.05, 3.63) is 43.7 Å². The molecule has 0 unspecified atom stereocenters. The molecule has 0 radical (unpaired) electrons. The zero-order valence-corrected chi connectivity index (χ0v) is 27.1. The Morgan fingerprint density at radius 3 is 2.15 bits per heavy atom. The van der Waals surface area contributed by atoms with Crippen molar-refractivity contribution >= 4 is 26.8 Å². The van der Waals surface area contributed by atoms with E-state index in [4.69, 9.17) is 23.5 Å². The number of ether oxygens (including phenoxy) is 1. The van der Waals surface area contributed by atoms with Gasteiger partial charge in [-0.3, -0.25) is 14.3 Å². The van der Waals surface area contributed by atoms with Gasteiger partial charge in [0, 0.05) is 6.07 Å². The average molecular weight is 601 g/mol. The van der Waals surface area contributed by atoms with E-state index in [1.165, 1.54) is 0 Å². The third-order valence-corrected chi connectivity index (χ3v) is 18.4. The second kappa shape index (κ2) is 9.79. The molecule has 1 aromatic rings. The molecular formula is C24H40N4O8SSi2. The quantitative estimate of drug-likeness (QED) is 0.365. The highest BCUT2D eigenvalue weighted by atomic mass is 32.2. The molecule has 2 aliphatic heterocycles. The van der Waals surface area contributed by atoms with E-state index in [1.807, 2.05) is 53.0 Å². The van der Waals surface area contributed by atoms with Gasteiger partial charge < -0.3 is 19.3 Å². The Hall–Kier alpha value is -2.07. The zero-order valence-electron chi connectivity index (χ0n) is 24.2. The van der Waals surface area contributed by atoms with Gasteiger partial charge in [0.2, 0.25) is 0 Å². The minimum absolute atomic E-state index is 0.117. The summed E-state index contributed by atoms with van der Waals surface area (Å²) in [5.41, 5.74) is 2.40. The molecule has 39 heavy (non-hydrogen) atoms. The fourth-order valence-corrected chi connectivity index (χ4v) is 7.55. The fourth-order valence-electron chi connectivity index (χ4n) is 4.04. The van der Waals surface area contributed by atoms with Crippen LogP contribution in [0.3, 0.4) is 0 Å². The number of hydrogen-bond acceptors (Lipinski definition) is 10. The van der Waals surface area contributed by atoms with Crippen LogP contribution in [0.2, 0.25) is 36.3 Å². The number of nitrogens with two attached hydrogens (primary N) is 1. The van der Waals surface area contributed by atoms with Crippen LogP contribution in [0.4, 0.5) is 0 Å². The van der Waals surface area contributed by atoms with Crippen LogP contribution in [0.5, 0.6) is 0 Å². The maximum absolute atomic E-state index is 13.1. The topological polar surface area (TPSA) is 176 Å². The van der Waals surface area contributed by atoms with Gasteiger partial charge in [-0.05, 0) is 36.3 Å². The first-order valence-corrected chi connectivity index (χ1v) is 19.9. The lowest BCUT2D eigenvalue weighted by molar-refractivity contribution is -0.0565. The molecule has 1 spiro atoms. The molecule has 3 N–H and O–H groups in total. The molecule has 0 aromatic carbocycles. The minimum Gasteiger partial charge on any atom is -0.414 e. The Bertz CT molecular complexity index is 1430. The van der Waals surface area contributed by atoms with Crippen molar-refractivity contribution in [1.29, 1.82) is 5.26 Å². The van der Waals surface area contributed by atoms with Crippen molar-refractivity contribution in [1.82, 2.24) is 9.55 Å². The van der Waals surface area contributed by atoms with Crippen LogP contribution < -0.4 is 17.0 Å². The molecule has 12 nitrogen and oxygen atoms in total. The third-order valence-electron chi connectivity index (χ3n) is 8.42. The summed E-state index contributed by atoms with van der Waals surface area (Å²) in [6.45, 7) is 20.0. The molecule has 1 fully saturated rings. The molecule has 0 saturated carbocycles. The van der Waals surface area contributed by atoms with Crippen LogP contribution in [-0.4, -0.2) is 59.0 Å². The van der Waals surface area contributed by atoms with Gasteiger partial charge >= 0.3 is 5.69 Å². The van der Waals surface area contributed by atoms with E-state index in [2.05, 4.69) is 25.8 Å². The summed E-state index contributed by atoms with van der Waals surface area (Å²) >= 11 is 0. The van der Waals surface area contributed by atoms with Gasteiger partial charge in [0.15, 0.2) is 28.5 Å². The maximum Gasteiger partial charge on any atom is 0.331 e. The highest BCUT2D eigenvalue weighted by Crippen LogP contribution is 2.52. The van der Waals surface area contributed by atoms with Crippen molar-refractivity contribution in [3.63, 3.8) is 0 Å². The van der Waals surface area contributed by atoms with Crippen LogP contribution in [-0.2, 0) is 27.9 Å². The van der Waals surface area contributed by atoms with Gasteiger partial charge in [0.05, 0.1) is 17.7 Å². The van der Waals surface area contributed by atoms with Gasteiger partial charge in [-0.2, -0.15) is 13.7 Å². The second-order valence-corrected chi connectivity index (χ2v) is 24.1. The third kappa shape index (κ3) is 5.60. The first-order chi connectivity index (χ1) is 17.5. The number of aromatic amines is 1. The van der Waals surface area contributed by atoms with Crippen LogP contribution >= 0.6 is 0 Å². The van der Waals surface area contributed by atoms with E-state index in [-0.39, 0.29) is 28.1 Å². The zero-order chi connectivity index (χ0) is 30.0. The number of nitriles is 1. The molecule has 0 bridgehead atoms. The summed E-state index contributed by atoms with van der Waals surface area (Å²) in [4.78, 5) is 27.2. The first-order valence-electron chi connectivity index (χ1n) is 12.7. The van der Waals surface area contributed by atoms with E-state index in [0.29, 0.717) is 0 Å². The smallest absolute Gasteiger partial charge is 0.331 e. The van der Waals surface area contributed by atoms with E-state index >= 15 is 0 Å². The number of hydrogen-bond donors (Lipinski definition) is 2. The minimum atomic E-state index is -4.25. The Kier molecular flexibility index (Phi) is 7.90. The monoisotopic (exact) mass is 600 g/mol. The molecular weight excluding hydrogens is 561 g/mol. The van der Waals surface area contributed by atoms with Crippen molar-refractivity contribution in [2.24, 2.45) is 5.73 Å². The van der Waals surface area contributed by atoms with Crippen LogP contribution in [0.1, 0.15) is 53.5 Å². The van der Waals surface area contributed by atoms with E-state index in [1.54, 1.807) is 0 Å². The SMILES string of the molecule is CC(C)(C)[Si](C)(C)OC[C@H]1O[C@@H](n2c(C#N)cc(=O)[nH]c2=O)[C@H](O[Si](C)(C)C(C)(C)C)[C@]12OS(=O)(=O)C=C2N. The predicted molar refractivity (Wildman–Crippen MR) is 150 cm³/mol. The summed E-state index contributed by atoms with van der Waals surface area (Å²) in [6.07, 6.45) is -3.78. The fraction of sp³-hybridized carbons (Fsp3) is 0.708. The second-order valence-electron chi connectivity index (χ2n) is 13.1. The van der Waals surface area contributed by atoms with Gasteiger partial charge in [-0.25, -0.2) is 8.98 Å². The molecule has 3 rings (SSSR count). The van der Waals surface area contributed by atoms with Crippen LogP contribution in [0, 0.1) is 11.3 Å². The molecule has 3 heterocycles. The number of rotatable bonds is 6. The van der Waals surface area contributed by atoms with E-state index < -0.39 is 62.0 Å². The molecule has 2 aliphatic rings. The molecule has 1 saturated heterocycles. The van der Waals surface area contributed by atoms with Gasteiger partial charge in [-0.1, -0.05) is 41.5 Å². The van der Waals surface area contributed by atoms with Crippen molar-refractivity contribution in [3.8, 4) is 6.07 Å². The maximum atomic E-state index is 13.1. The van der Waals surface area contributed by atoms with Gasteiger partial charge in [0.25, 0.3) is 15.7 Å². The van der Waals surface area contributed by atoms with E-state index in [9.17, 15) is 23.3 Å². The normalized spacial score (nSPS) is 27.5. The van der Waals surface area contributed by atoms with Crippen molar-refractivity contribution < 1.29 is 26.2 Å². The molecule has 15 heteroatoms. The lowest BCUT2D eigenvalue weighted by Gasteiger charge is -2.43. The highest BCUT2D eigenvalue weighted by Gasteiger charge is 2.67. The highest BCUT2D eigenvalue weighted by molar-refractivity contribution is 7.90. The number of nitrogens with zero attached hydrogens (tertiary/aromatic N) is 2. The predicted octanol–water partition coefficient (Wildman–Crippen LogP) is 2.62. The molecule has 1 aromatic heterocycles. The summed E-state index contributed by atoms with van der Waals surface area (Å²) in [5, 5.41) is 10.1. The van der Waals surface area contributed by atoms with Crippen molar-refractivity contribution in [2.75, 3.05) is 6.61 Å². The van der Waals surface area contributed by atoms with Gasteiger partial charge in [-0.15, -0.1) is 0 Å². The summed E-state index contributed by atoms with van der Waals surface area (Å²) in [7, 11) is -9.36. The largest absolute Gasteiger partial charge is 0.414 e. The lowest BCUT2D eigenvalue weighted by Crippen LogP contribution is -2.59. The van der Waals surface area contributed by atoms with E-state index in [0.717, 1.165) is 16.0 Å². The molecule has 4 atom stereocenters. The Balaban J connectivity index is 2.29. The summed E-state index contributed by atoms with van der Waals surface area (Å²) in [5.74, 6) is 0.